The van der Waals surface area contributed by atoms with Gasteiger partial charge < -0.3 is 15.0 Å². The number of carbonyl (C=O) groups is 1. The molecule has 41 heavy (non-hydrogen) atoms. The van der Waals surface area contributed by atoms with Gasteiger partial charge in [0.25, 0.3) is 0 Å². The van der Waals surface area contributed by atoms with Gasteiger partial charge in [0.2, 0.25) is 5.91 Å². The topological polar surface area (TPSA) is 57.7 Å². The second-order valence-corrected chi connectivity index (χ2v) is 12.3. The van der Waals surface area contributed by atoms with Crippen molar-refractivity contribution in [3.05, 3.63) is 86.6 Å². The number of benzene rings is 2. The maximum absolute atomic E-state index is 13.9. The zero-order valence-electron chi connectivity index (χ0n) is 23.4. The van der Waals surface area contributed by atoms with Gasteiger partial charge in [0.15, 0.2) is 0 Å². The number of piperidine rings is 1. The van der Waals surface area contributed by atoms with Crippen LogP contribution in [0.15, 0.2) is 54.7 Å². The van der Waals surface area contributed by atoms with Gasteiger partial charge in [0.1, 0.15) is 18.4 Å². The quantitative estimate of drug-likeness (QED) is 0.260. The Hall–Kier alpha value is -2.51. The van der Waals surface area contributed by atoms with E-state index in [0.717, 1.165) is 55.2 Å². The highest BCUT2D eigenvalue weighted by atomic mass is 35.5. The van der Waals surface area contributed by atoms with Gasteiger partial charge in [0.05, 0.1) is 0 Å². The summed E-state index contributed by atoms with van der Waals surface area (Å²) < 4.78 is 6.26. The highest BCUT2D eigenvalue weighted by molar-refractivity contribution is 6.35. The molecule has 9 heteroatoms. The fourth-order valence-corrected chi connectivity index (χ4v) is 6.48. The Morgan fingerprint density at radius 1 is 1.00 bits per heavy atom. The van der Waals surface area contributed by atoms with Crippen LogP contribution in [0.4, 0.5) is 5.69 Å². The molecule has 1 N–H and O–H groups in total. The van der Waals surface area contributed by atoms with Gasteiger partial charge in [0, 0.05) is 58.7 Å². The fraction of sp³-hybridized carbons (Fsp3) is 0.438. The number of aryl methyl sites for hydroxylation is 1. The number of rotatable bonds is 10. The van der Waals surface area contributed by atoms with Gasteiger partial charge in [-0.25, -0.2) is 0 Å². The smallest absolute Gasteiger partial charge is 0.245 e. The van der Waals surface area contributed by atoms with E-state index in [0.29, 0.717) is 47.1 Å². The molecule has 2 aliphatic heterocycles. The van der Waals surface area contributed by atoms with Crippen LogP contribution in [0.2, 0.25) is 15.1 Å². The molecular formula is C32H37Cl3N4O2. The van der Waals surface area contributed by atoms with Crippen molar-refractivity contribution in [2.75, 3.05) is 44.6 Å². The minimum absolute atomic E-state index is 0.0575. The molecule has 1 atom stereocenters. The van der Waals surface area contributed by atoms with Crippen LogP contribution in [0.25, 0.3) is 0 Å². The van der Waals surface area contributed by atoms with Gasteiger partial charge in [-0.15, -0.1) is 0 Å². The first-order chi connectivity index (χ1) is 19.9. The Morgan fingerprint density at radius 3 is 2.46 bits per heavy atom. The molecule has 2 fully saturated rings. The van der Waals surface area contributed by atoms with E-state index in [1.54, 1.807) is 12.3 Å². The molecule has 2 aromatic carbocycles. The van der Waals surface area contributed by atoms with Crippen molar-refractivity contribution < 1.29 is 9.53 Å². The number of anilines is 1. The van der Waals surface area contributed by atoms with Crippen LogP contribution < -0.4 is 10.1 Å². The average Bonchev–Trinajstić information content (AvgIpc) is 3.48. The first kappa shape index (κ1) is 30.0. The van der Waals surface area contributed by atoms with E-state index >= 15 is 0 Å². The summed E-state index contributed by atoms with van der Waals surface area (Å²) in [6.07, 6.45) is 6.45. The molecule has 1 aromatic heterocycles. The summed E-state index contributed by atoms with van der Waals surface area (Å²) in [4.78, 5) is 22.6. The number of aromatic nitrogens is 1. The Morgan fingerprint density at radius 2 is 1.73 bits per heavy atom. The third-order valence-electron chi connectivity index (χ3n) is 8.06. The molecule has 2 aliphatic rings. The van der Waals surface area contributed by atoms with Crippen LogP contribution in [-0.2, 0) is 11.2 Å². The van der Waals surface area contributed by atoms with Gasteiger partial charge in [-0.05, 0) is 99.1 Å². The highest BCUT2D eigenvalue weighted by Crippen LogP contribution is 2.36. The Balaban J connectivity index is 1.26. The molecular weight excluding hydrogens is 579 g/mol. The van der Waals surface area contributed by atoms with Crippen molar-refractivity contribution in [3.63, 3.8) is 0 Å². The molecule has 2 saturated heterocycles. The van der Waals surface area contributed by atoms with Gasteiger partial charge in [-0.2, -0.15) is 0 Å². The van der Waals surface area contributed by atoms with Gasteiger partial charge in [-0.1, -0.05) is 46.9 Å². The van der Waals surface area contributed by atoms with Crippen molar-refractivity contribution in [3.8, 4) is 5.75 Å². The van der Waals surface area contributed by atoms with Crippen molar-refractivity contribution in [2.24, 2.45) is 0 Å². The average molecular weight is 616 g/mol. The maximum Gasteiger partial charge on any atom is 0.245 e. The lowest BCUT2D eigenvalue weighted by molar-refractivity contribution is -0.133. The lowest BCUT2D eigenvalue weighted by atomic mass is 9.88. The second-order valence-electron chi connectivity index (χ2n) is 11.0. The van der Waals surface area contributed by atoms with Gasteiger partial charge >= 0.3 is 0 Å². The summed E-state index contributed by atoms with van der Waals surface area (Å²) in [5.41, 5.74) is 3.79. The molecule has 6 nitrogen and oxygen atoms in total. The molecule has 0 spiro atoms. The van der Waals surface area contributed by atoms with Crippen LogP contribution in [0.5, 0.6) is 5.75 Å². The van der Waals surface area contributed by atoms with E-state index in [4.69, 9.17) is 39.5 Å². The maximum atomic E-state index is 13.9. The molecule has 1 amide bonds. The number of pyridine rings is 1. The summed E-state index contributed by atoms with van der Waals surface area (Å²) in [5.74, 6) is 1.23. The van der Waals surface area contributed by atoms with Crippen molar-refractivity contribution >= 4 is 46.4 Å². The summed E-state index contributed by atoms with van der Waals surface area (Å²) in [6.45, 7) is 7.16. The minimum atomic E-state index is -0.480. The molecule has 3 aromatic rings. The van der Waals surface area contributed by atoms with Crippen LogP contribution in [0.3, 0.4) is 0 Å². The van der Waals surface area contributed by atoms with Crippen LogP contribution in [-0.4, -0.2) is 66.1 Å². The Kier molecular flexibility index (Phi) is 10.3. The largest absolute Gasteiger partial charge is 0.492 e. The molecule has 5 rings (SSSR count). The standard InChI is InChI=1S/C32H37Cl3N4O2/c1-22-18-27(8-11-36-22)37-30(19-24-4-5-25(33)20-29(24)35)32(40)39-14-9-23(10-15-39)28-7-6-26(34)21-31(28)41-17-16-38-12-2-3-13-38/h4-8,11,18,20-21,23,30H,2-3,9-10,12-17,19H2,1H3,(H,36,37)/t30-/m1/s1. The lowest BCUT2D eigenvalue weighted by Gasteiger charge is -2.35. The highest BCUT2D eigenvalue weighted by Gasteiger charge is 2.30. The molecule has 0 unspecified atom stereocenters. The Bertz CT molecular complexity index is 1340. The van der Waals surface area contributed by atoms with E-state index in [1.807, 2.05) is 48.2 Å². The molecule has 0 aliphatic carbocycles. The predicted molar refractivity (Wildman–Crippen MR) is 168 cm³/mol. The normalized spacial score (nSPS) is 17.0. The molecule has 0 radical (unpaired) electrons. The third kappa shape index (κ3) is 8.07. The van der Waals surface area contributed by atoms with Gasteiger partial charge in [-0.3, -0.25) is 14.7 Å². The number of amides is 1. The van der Waals surface area contributed by atoms with Crippen LogP contribution >= 0.6 is 34.8 Å². The number of nitrogens with zero attached hydrogens (tertiary/aromatic N) is 3. The lowest BCUT2D eigenvalue weighted by Crippen LogP contribution is -2.47. The van der Waals surface area contributed by atoms with E-state index in [1.165, 1.54) is 18.4 Å². The second kappa shape index (κ2) is 14.1. The number of halogens is 3. The zero-order valence-corrected chi connectivity index (χ0v) is 25.7. The minimum Gasteiger partial charge on any atom is -0.492 e. The third-order valence-corrected chi connectivity index (χ3v) is 8.88. The number of hydrogen-bond donors (Lipinski definition) is 1. The first-order valence-electron chi connectivity index (χ1n) is 14.4. The molecule has 218 valence electrons. The SMILES string of the molecule is Cc1cc(N[C@H](Cc2ccc(Cl)cc2Cl)C(=O)N2CCC(c3ccc(Cl)cc3OCCN3CCCC3)CC2)ccn1. The summed E-state index contributed by atoms with van der Waals surface area (Å²) in [7, 11) is 0. The predicted octanol–water partition coefficient (Wildman–Crippen LogP) is 7.25. The van der Waals surface area contributed by atoms with E-state index in [-0.39, 0.29) is 5.91 Å². The molecule has 0 bridgehead atoms. The summed E-state index contributed by atoms with van der Waals surface area (Å²) in [5, 5.41) is 5.26. The van der Waals surface area contributed by atoms with Crippen molar-refractivity contribution in [1.29, 1.82) is 0 Å². The number of hydrogen-bond acceptors (Lipinski definition) is 5. The van der Waals surface area contributed by atoms with E-state index < -0.39 is 6.04 Å². The van der Waals surface area contributed by atoms with E-state index in [2.05, 4.69) is 21.3 Å². The fourth-order valence-electron chi connectivity index (χ4n) is 5.84. The summed E-state index contributed by atoms with van der Waals surface area (Å²) in [6, 6.07) is 14.7. The summed E-state index contributed by atoms with van der Waals surface area (Å²) >= 11 is 19.0. The Labute approximate surface area is 257 Å². The monoisotopic (exact) mass is 614 g/mol. The van der Waals surface area contributed by atoms with E-state index in [9.17, 15) is 4.79 Å². The number of ether oxygens (including phenoxy) is 1. The molecule has 0 saturated carbocycles. The number of likely N-dealkylation sites (tertiary alicyclic amines) is 2. The number of carbonyl (C=O) groups excluding carboxylic acids is 1. The number of nitrogens with one attached hydrogen (secondary N) is 1. The first-order valence-corrected chi connectivity index (χ1v) is 15.6. The van der Waals surface area contributed by atoms with Crippen molar-refractivity contribution in [1.82, 2.24) is 14.8 Å². The van der Waals surface area contributed by atoms with Crippen LogP contribution in [0.1, 0.15) is 48.4 Å². The van der Waals surface area contributed by atoms with Crippen LogP contribution in [0, 0.1) is 6.92 Å². The van der Waals surface area contributed by atoms with Crippen molar-refractivity contribution in [2.45, 2.75) is 51.0 Å². The zero-order chi connectivity index (χ0) is 28.8. The molecule has 3 heterocycles.